The van der Waals surface area contributed by atoms with E-state index in [0.29, 0.717) is 13.0 Å². The van der Waals surface area contributed by atoms with Crippen LogP contribution in [0.15, 0.2) is 6.58 Å². The molecule has 2 atom stereocenters. The van der Waals surface area contributed by atoms with E-state index in [9.17, 15) is 9.90 Å². The zero-order valence-corrected chi connectivity index (χ0v) is 6.99. The Morgan fingerprint density at radius 1 is 1.83 bits per heavy atom. The fourth-order valence-corrected chi connectivity index (χ4v) is 1.35. The fraction of sp³-hybridized carbons (Fsp3) is 0.625. The van der Waals surface area contributed by atoms with Crippen LogP contribution in [-0.4, -0.2) is 47.3 Å². The van der Waals surface area contributed by atoms with Gasteiger partial charge < -0.3 is 9.84 Å². The highest BCUT2D eigenvalue weighted by Gasteiger charge is 2.40. The summed E-state index contributed by atoms with van der Waals surface area (Å²) in [7, 11) is 1.33. The monoisotopic (exact) mass is 170 g/mol. The highest BCUT2D eigenvalue weighted by molar-refractivity contribution is 5.75. The molecule has 12 heavy (non-hydrogen) atoms. The van der Waals surface area contributed by atoms with Crippen molar-refractivity contribution in [1.82, 2.24) is 0 Å². The van der Waals surface area contributed by atoms with Gasteiger partial charge in [0, 0.05) is 6.58 Å². The Labute approximate surface area is 70.8 Å². The second-order valence-corrected chi connectivity index (χ2v) is 2.74. The van der Waals surface area contributed by atoms with Gasteiger partial charge in [-0.05, 0) is 0 Å². The first-order valence-electron chi connectivity index (χ1n) is 3.74. The van der Waals surface area contributed by atoms with E-state index in [1.54, 1.807) is 4.58 Å². The summed E-state index contributed by atoms with van der Waals surface area (Å²) < 4.78 is 6.12. The topological polar surface area (TPSA) is 49.5 Å². The molecule has 1 saturated heterocycles. The first-order chi connectivity index (χ1) is 5.69. The van der Waals surface area contributed by atoms with Crippen molar-refractivity contribution >= 4 is 11.8 Å². The predicted octanol–water partition coefficient (Wildman–Crippen LogP) is -0.839. The van der Waals surface area contributed by atoms with E-state index < -0.39 is 12.1 Å². The van der Waals surface area contributed by atoms with Gasteiger partial charge in [0.25, 0.3) is 6.04 Å². The lowest BCUT2D eigenvalue weighted by molar-refractivity contribution is -0.529. The van der Waals surface area contributed by atoms with Crippen LogP contribution in [0.4, 0.5) is 0 Å². The normalized spacial score (nSPS) is 28.3. The minimum absolute atomic E-state index is 0.345. The van der Waals surface area contributed by atoms with Crippen LogP contribution in [0.3, 0.4) is 0 Å². The highest BCUT2D eigenvalue weighted by atomic mass is 16.5. The molecule has 0 saturated carbocycles. The molecule has 1 N–H and O–H groups in total. The van der Waals surface area contributed by atoms with Crippen LogP contribution in [0.2, 0.25) is 0 Å². The fourth-order valence-electron chi connectivity index (χ4n) is 1.35. The molecule has 1 fully saturated rings. The molecule has 0 aromatic heterocycles. The second-order valence-electron chi connectivity index (χ2n) is 2.74. The van der Waals surface area contributed by atoms with E-state index in [2.05, 4.69) is 17.2 Å². The average Bonchev–Trinajstić information content (AvgIpc) is 2.45. The number of methoxy groups -OCH3 is 1. The van der Waals surface area contributed by atoms with Gasteiger partial charge in [0.15, 0.2) is 12.4 Å². The van der Waals surface area contributed by atoms with Crippen molar-refractivity contribution in [1.29, 1.82) is 0 Å². The van der Waals surface area contributed by atoms with E-state index in [4.69, 9.17) is 0 Å². The van der Waals surface area contributed by atoms with E-state index >= 15 is 0 Å². The number of aliphatic hydroxyl groups is 1. The van der Waals surface area contributed by atoms with Crippen molar-refractivity contribution in [3.63, 3.8) is 0 Å². The average molecular weight is 170 g/mol. The number of rotatable bonds is 1. The molecule has 1 rings (SSSR count). The maximum absolute atomic E-state index is 11.1. The Bertz CT molecular complexity index is 243. The number of hydrogen-bond donors (Lipinski definition) is 1. The SMILES string of the molecule is C=C=[N+]1CC(O)CC1C(=O)OC. The molecule has 0 amide bonds. The third kappa shape index (κ3) is 1.55. The van der Waals surface area contributed by atoms with E-state index in [1.807, 2.05) is 0 Å². The third-order valence-corrected chi connectivity index (χ3v) is 1.96. The molecular formula is C8H12NO3+. The molecule has 66 valence electrons. The summed E-state index contributed by atoms with van der Waals surface area (Å²) in [5.41, 5.74) is 0. The van der Waals surface area contributed by atoms with E-state index in [-0.39, 0.29) is 5.97 Å². The summed E-state index contributed by atoms with van der Waals surface area (Å²) in [5.74, 6) is 2.24. The summed E-state index contributed by atoms with van der Waals surface area (Å²) in [6.45, 7) is 3.83. The van der Waals surface area contributed by atoms with Gasteiger partial charge in [0.05, 0.1) is 13.5 Å². The van der Waals surface area contributed by atoms with Crippen LogP contribution in [0, 0.1) is 0 Å². The molecule has 0 aromatic rings. The molecule has 0 aliphatic carbocycles. The van der Waals surface area contributed by atoms with Crippen molar-refractivity contribution in [2.75, 3.05) is 13.7 Å². The van der Waals surface area contributed by atoms with Gasteiger partial charge in [0.1, 0.15) is 6.10 Å². The summed E-state index contributed by atoms with van der Waals surface area (Å²) >= 11 is 0. The number of ether oxygens (including phenoxy) is 1. The molecule has 0 radical (unpaired) electrons. The van der Waals surface area contributed by atoms with Crippen LogP contribution >= 0.6 is 0 Å². The van der Waals surface area contributed by atoms with Gasteiger partial charge in [-0.3, -0.25) is 0 Å². The van der Waals surface area contributed by atoms with Gasteiger partial charge >= 0.3 is 5.97 Å². The minimum Gasteiger partial charge on any atom is -0.464 e. The van der Waals surface area contributed by atoms with Gasteiger partial charge in [0.2, 0.25) is 0 Å². The maximum Gasteiger partial charge on any atom is 0.376 e. The number of carbonyl (C=O) groups excluding carboxylic acids is 1. The summed E-state index contributed by atoms with van der Waals surface area (Å²) in [5, 5.41) is 9.23. The van der Waals surface area contributed by atoms with Crippen LogP contribution in [0.1, 0.15) is 6.42 Å². The lowest BCUT2D eigenvalue weighted by Gasteiger charge is -2.00. The van der Waals surface area contributed by atoms with Gasteiger partial charge in [-0.15, -0.1) is 0 Å². The molecule has 0 aromatic carbocycles. The Balaban J connectivity index is 2.77. The molecule has 1 aliphatic heterocycles. The van der Waals surface area contributed by atoms with Crippen LogP contribution < -0.4 is 0 Å². The minimum atomic E-state index is -0.483. The zero-order valence-electron chi connectivity index (χ0n) is 6.99. The van der Waals surface area contributed by atoms with Crippen molar-refractivity contribution in [2.24, 2.45) is 0 Å². The second kappa shape index (κ2) is 3.52. The van der Waals surface area contributed by atoms with Crippen molar-refractivity contribution in [3.8, 4) is 0 Å². The first kappa shape index (κ1) is 8.97. The van der Waals surface area contributed by atoms with Crippen molar-refractivity contribution < 1.29 is 19.2 Å². The predicted molar refractivity (Wildman–Crippen MR) is 42.2 cm³/mol. The van der Waals surface area contributed by atoms with Crippen molar-refractivity contribution in [2.45, 2.75) is 18.6 Å². The number of carbonyl (C=O) groups is 1. The zero-order chi connectivity index (χ0) is 9.14. The smallest absolute Gasteiger partial charge is 0.376 e. The molecule has 0 spiro atoms. The van der Waals surface area contributed by atoms with Gasteiger partial charge in [-0.1, -0.05) is 0 Å². The largest absolute Gasteiger partial charge is 0.464 e. The van der Waals surface area contributed by atoms with Gasteiger partial charge in [-0.2, -0.15) is 4.58 Å². The number of aliphatic hydroxyl groups excluding tert-OH is 1. The molecule has 0 bridgehead atoms. The number of hydrogen-bond acceptors (Lipinski definition) is 3. The molecule has 1 aliphatic rings. The van der Waals surface area contributed by atoms with Crippen molar-refractivity contribution in [3.05, 3.63) is 6.58 Å². The van der Waals surface area contributed by atoms with Crippen LogP contribution in [-0.2, 0) is 9.53 Å². The Morgan fingerprint density at radius 2 is 2.50 bits per heavy atom. The number of nitrogens with zero attached hydrogens (tertiary/aromatic N) is 1. The van der Waals surface area contributed by atoms with E-state index in [0.717, 1.165) is 0 Å². The Morgan fingerprint density at radius 3 is 3.00 bits per heavy atom. The number of β-amino-alcohol motifs (C(OH)–C–C–N with tert-alkyl or cyclic N) is 1. The third-order valence-electron chi connectivity index (χ3n) is 1.96. The molecule has 1 heterocycles. The first-order valence-corrected chi connectivity index (χ1v) is 3.74. The number of esters is 1. The molecule has 4 heteroatoms. The Kier molecular flexibility index (Phi) is 2.63. The lowest BCUT2D eigenvalue weighted by Crippen LogP contribution is -2.29. The molecule has 4 nitrogen and oxygen atoms in total. The van der Waals surface area contributed by atoms with Crippen LogP contribution in [0.5, 0.6) is 0 Å². The quantitative estimate of drug-likeness (QED) is 0.412. The summed E-state index contributed by atoms with van der Waals surface area (Å²) in [6, 6.07) is -0.414. The van der Waals surface area contributed by atoms with Gasteiger partial charge in [-0.25, -0.2) is 4.79 Å². The highest BCUT2D eigenvalue weighted by Crippen LogP contribution is 2.13. The summed E-state index contributed by atoms with van der Waals surface area (Å²) in [6.07, 6.45) is -0.0850. The van der Waals surface area contributed by atoms with E-state index in [1.165, 1.54) is 7.11 Å². The van der Waals surface area contributed by atoms with Crippen LogP contribution in [0.25, 0.3) is 0 Å². The standard InChI is InChI=1S/C8H12NO3/c1-3-9-5-6(10)4-7(9)8(11)12-2/h6-7,10H,1,4-5H2,2H3/q+1. The molecule has 2 unspecified atom stereocenters. The molecular weight excluding hydrogens is 158 g/mol. The summed E-state index contributed by atoms with van der Waals surface area (Å²) in [4.78, 5) is 11.1. The Hall–Kier alpha value is -1.12. The maximum atomic E-state index is 11.1. The lowest BCUT2D eigenvalue weighted by atomic mass is 10.2.